The minimum absolute atomic E-state index is 0.0656. The molecule has 2 aromatic rings. The summed E-state index contributed by atoms with van der Waals surface area (Å²) in [6, 6.07) is 5.70. The van der Waals surface area contributed by atoms with Crippen LogP contribution in [0.3, 0.4) is 0 Å². The summed E-state index contributed by atoms with van der Waals surface area (Å²) in [5, 5.41) is 8.31. The quantitative estimate of drug-likeness (QED) is 0.933. The van der Waals surface area contributed by atoms with Crippen LogP contribution >= 0.6 is 0 Å². The van der Waals surface area contributed by atoms with Crippen LogP contribution in [0.2, 0.25) is 0 Å². The third kappa shape index (κ3) is 3.00. The Morgan fingerprint density at radius 3 is 2.90 bits per heavy atom. The molecule has 1 atom stereocenters. The van der Waals surface area contributed by atoms with Crippen LogP contribution in [0.1, 0.15) is 37.9 Å². The molecule has 2 N–H and O–H groups in total. The number of hydrogen-bond acceptors (Lipinski definition) is 5. The highest BCUT2D eigenvalue weighted by molar-refractivity contribution is 5.48. The molecule has 6 nitrogen and oxygen atoms in total. The Morgan fingerprint density at radius 1 is 1.29 bits per heavy atom. The first-order valence-corrected chi connectivity index (χ1v) is 7.36. The summed E-state index contributed by atoms with van der Waals surface area (Å²) < 4.78 is 13.0. The molecule has 112 valence electrons. The first-order valence-electron chi connectivity index (χ1n) is 7.36. The van der Waals surface area contributed by atoms with Crippen LogP contribution in [0.5, 0.6) is 11.5 Å². The molecule has 6 heteroatoms. The van der Waals surface area contributed by atoms with Gasteiger partial charge in [0.25, 0.3) is 0 Å². The number of rotatable bonds is 4. The molecule has 0 bridgehead atoms. The third-order valence-electron chi connectivity index (χ3n) is 3.49. The van der Waals surface area contributed by atoms with Gasteiger partial charge in [0, 0.05) is 12.5 Å². The molecule has 0 amide bonds. The third-order valence-corrected chi connectivity index (χ3v) is 3.49. The maximum Gasteiger partial charge on any atom is 0.163 e. The van der Waals surface area contributed by atoms with Crippen LogP contribution in [0.4, 0.5) is 0 Å². The number of aromatic nitrogens is 3. The first kappa shape index (κ1) is 13.9. The van der Waals surface area contributed by atoms with Gasteiger partial charge in [0.15, 0.2) is 11.5 Å². The van der Waals surface area contributed by atoms with Crippen LogP contribution in [0.25, 0.3) is 5.69 Å². The lowest BCUT2D eigenvalue weighted by Crippen LogP contribution is -2.10. The molecule has 0 radical (unpaired) electrons. The average molecular weight is 288 g/mol. The van der Waals surface area contributed by atoms with Gasteiger partial charge in [-0.25, -0.2) is 4.68 Å². The molecule has 1 aliphatic rings. The monoisotopic (exact) mass is 288 g/mol. The van der Waals surface area contributed by atoms with Crippen molar-refractivity contribution in [2.45, 2.75) is 32.2 Å². The molecule has 0 spiro atoms. The lowest BCUT2D eigenvalue weighted by molar-refractivity contribution is 0.297. The van der Waals surface area contributed by atoms with Gasteiger partial charge in [-0.3, -0.25) is 0 Å². The zero-order chi connectivity index (χ0) is 14.7. The van der Waals surface area contributed by atoms with Crippen LogP contribution in [0.15, 0.2) is 24.4 Å². The smallest absolute Gasteiger partial charge is 0.163 e. The van der Waals surface area contributed by atoms with E-state index in [9.17, 15) is 0 Å². The van der Waals surface area contributed by atoms with E-state index in [1.807, 2.05) is 24.4 Å². The molecule has 3 rings (SSSR count). The average Bonchev–Trinajstić information content (AvgIpc) is 2.87. The maximum absolute atomic E-state index is 6.07. The minimum atomic E-state index is -0.0656. The summed E-state index contributed by atoms with van der Waals surface area (Å²) in [5.41, 5.74) is 7.77. The van der Waals surface area contributed by atoms with Crippen molar-refractivity contribution in [1.82, 2.24) is 15.0 Å². The van der Waals surface area contributed by atoms with E-state index in [0.717, 1.165) is 42.1 Å². The van der Waals surface area contributed by atoms with Crippen molar-refractivity contribution in [3.63, 3.8) is 0 Å². The number of nitrogens with two attached hydrogens (primary N) is 1. The Morgan fingerprint density at radius 2 is 2.10 bits per heavy atom. The summed E-state index contributed by atoms with van der Waals surface area (Å²) in [4.78, 5) is 0. The normalized spacial score (nSPS) is 15.5. The number of hydrogen-bond donors (Lipinski definition) is 1. The first-order chi connectivity index (χ1) is 10.3. The van der Waals surface area contributed by atoms with Gasteiger partial charge in [-0.05, 0) is 18.6 Å². The van der Waals surface area contributed by atoms with E-state index in [2.05, 4.69) is 17.2 Å². The van der Waals surface area contributed by atoms with Gasteiger partial charge in [-0.2, -0.15) is 0 Å². The fourth-order valence-electron chi connectivity index (χ4n) is 2.33. The van der Waals surface area contributed by atoms with E-state index in [1.54, 1.807) is 4.68 Å². The Hall–Kier alpha value is -2.08. The molecular weight excluding hydrogens is 268 g/mol. The predicted molar refractivity (Wildman–Crippen MR) is 78.8 cm³/mol. The van der Waals surface area contributed by atoms with E-state index in [-0.39, 0.29) is 6.04 Å². The Labute approximate surface area is 123 Å². The van der Waals surface area contributed by atoms with Crippen molar-refractivity contribution < 1.29 is 9.47 Å². The van der Waals surface area contributed by atoms with E-state index in [1.165, 1.54) is 0 Å². The van der Waals surface area contributed by atoms with Crippen molar-refractivity contribution in [1.29, 1.82) is 0 Å². The molecule has 0 saturated heterocycles. The molecule has 1 aliphatic heterocycles. The van der Waals surface area contributed by atoms with Crippen LogP contribution in [-0.4, -0.2) is 28.2 Å². The molecule has 21 heavy (non-hydrogen) atoms. The van der Waals surface area contributed by atoms with Gasteiger partial charge in [0.05, 0.1) is 36.8 Å². The second kappa shape index (κ2) is 6.13. The zero-order valence-corrected chi connectivity index (χ0v) is 12.2. The highest BCUT2D eigenvalue weighted by atomic mass is 16.5. The number of ether oxygens (including phenoxy) is 2. The minimum Gasteiger partial charge on any atom is -0.490 e. The Kier molecular flexibility index (Phi) is 4.06. The van der Waals surface area contributed by atoms with Gasteiger partial charge in [0.1, 0.15) is 0 Å². The zero-order valence-electron chi connectivity index (χ0n) is 12.2. The molecular formula is C15H20N4O2. The Bertz CT molecular complexity index is 611. The van der Waals surface area contributed by atoms with Crippen LogP contribution in [-0.2, 0) is 0 Å². The van der Waals surface area contributed by atoms with Gasteiger partial charge >= 0.3 is 0 Å². The lowest BCUT2D eigenvalue weighted by Gasteiger charge is -2.09. The van der Waals surface area contributed by atoms with Crippen molar-refractivity contribution in [3.8, 4) is 17.2 Å². The largest absolute Gasteiger partial charge is 0.490 e. The van der Waals surface area contributed by atoms with Crippen molar-refractivity contribution >= 4 is 0 Å². The topological polar surface area (TPSA) is 75.2 Å². The summed E-state index contributed by atoms with van der Waals surface area (Å²) in [6.45, 7) is 3.46. The fourth-order valence-corrected chi connectivity index (χ4v) is 2.33. The van der Waals surface area contributed by atoms with Crippen LogP contribution in [0, 0.1) is 0 Å². The highest BCUT2D eigenvalue weighted by Gasteiger charge is 2.14. The maximum atomic E-state index is 6.07. The number of fused-ring (bicyclic) bond motifs is 1. The van der Waals surface area contributed by atoms with E-state index >= 15 is 0 Å². The van der Waals surface area contributed by atoms with Gasteiger partial charge in [0.2, 0.25) is 0 Å². The molecule has 1 unspecified atom stereocenters. The summed E-state index contributed by atoms with van der Waals surface area (Å²) in [6.07, 6.45) is 4.70. The summed E-state index contributed by atoms with van der Waals surface area (Å²) in [5.74, 6) is 1.53. The van der Waals surface area contributed by atoms with E-state index in [4.69, 9.17) is 15.2 Å². The number of nitrogens with zero attached hydrogens (tertiary/aromatic N) is 3. The predicted octanol–water partition coefficient (Wildman–Crippen LogP) is 2.23. The van der Waals surface area contributed by atoms with E-state index < -0.39 is 0 Å². The van der Waals surface area contributed by atoms with Crippen molar-refractivity contribution in [2.24, 2.45) is 5.73 Å². The highest BCUT2D eigenvalue weighted by Crippen LogP contribution is 2.31. The van der Waals surface area contributed by atoms with Gasteiger partial charge in [-0.1, -0.05) is 18.6 Å². The summed E-state index contributed by atoms with van der Waals surface area (Å²) >= 11 is 0. The van der Waals surface area contributed by atoms with E-state index in [0.29, 0.717) is 13.2 Å². The van der Waals surface area contributed by atoms with Crippen molar-refractivity contribution in [3.05, 3.63) is 30.1 Å². The molecule has 2 heterocycles. The van der Waals surface area contributed by atoms with Crippen LogP contribution < -0.4 is 15.2 Å². The lowest BCUT2D eigenvalue weighted by atomic mass is 10.1. The SMILES string of the molecule is CCCC(N)c1cn(-c2ccc3c(c2)OCCCO3)nn1. The second-order valence-electron chi connectivity index (χ2n) is 5.16. The molecule has 0 saturated carbocycles. The fraction of sp³-hybridized carbons (Fsp3) is 0.467. The second-order valence-corrected chi connectivity index (χ2v) is 5.16. The summed E-state index contributed by atoms with van der Waals surface area (Å²) in [7, 11) is 0. The molecule has 0 aliphatic carbocycles. The molecule has 0 fully saturated rings. The standard InChI is InChI=1S/C15H20N4O2/c1-2-4-12(16)13-10-19(18-17-13)11-5-6-14-15(9-11)21-8-3-7-20-14/h5-6,9-10,12H,2-4,7-8,16H2,1H3. The van der Waals surface area contributed by atoms with Crippen molar-refractivity contribution in [2.75, 3.05) is 13.2 Å². The van der Waals surface area contributed by atoms with Gasteiger partial charge in [-0.15, -0.1) is 5.10 Å². The molecule has 1 aromatic heterocycles. The Balaban J connectivity index is 1.85. The van der Waals surface area contributed by atoms with Gasteiger partial charge < -0.3 is 15.2 Å². The number of benzene rings is 1. The molecule has 1 aromatic carbocycles.